The lowest BCUT2D eigenvalue weighted by Crippen LogP contribution is -2.23. The highest BCUT2D eigenvalue weighted by atomic mass is 32.2. The summed E-state index contributed by atoms with van der Waals surface area (Å²) in [5.41, 5.74) is 0.262. The summed E-state index contributed by atoms with van der Waals surface area (Å²) in [4.78, 5) is 0. The second-order valence-electron chi connectivity index (χ2n) is 5.39. The molecule has 1 unspecified atom stereocenters. The maximum Gasteiger partial charge on any atom is 0.280 e. The Labute approximate surface area is 117 Å². The summed E-state index contributed by atoms with van der Waals surface area (Å²) in [6, 6.07) is -0.299. The molecule has 1 aromatic rings. The number of halogens is 2. The van der Waals surface area contributed by atoms with Crippen LogP contribution in [0.1, 0.15) is 44.0 Å². The van der Waals surface area contributed by atoms with Crippen molar-refractivity contribution in [3.05, 3.63) is 17.5 Å². The van der Waals surface area contributed by atoms with Gasteiger partial charge in [0.1, 0.15) is 5.69 Å². The number of nitrogens with one attached hydrogen (secondary N) is 1. The molecule has 2 rings (SSSR count). The third kappa shape index (κ3) is 3.35. The predicted molar refractivity (Wildman–Crippen MR) is 71.5 cm³/mol. The largest absolute Gasteiger partial charge is 0.310 e. The first kappa shape index (κ1) is 15.4. The Morgan fingerprint density at radius 3 is 2.70 bits per heavy atom. The van der Waals surface area contributed by atoms with Gasteiger partial charge in [0.05, 0.1) is 23.7 Å². The zero-order chi connectivity index (χ0) is 14.9. The molecule has 1 aliphatic heterocycles. The Bertz CT molecular complexity index is 569. The van der Waals surface area contributed by atoms with Gasteiger partial charge in [-0.25, -0.2) is 17.2 Å². The molecule has 1 atom stereocenters. The number of nitrogens with zero attached hydrogens (tertiary/aromatic N) is 2. The van der Waals surface area contributed by atoms with Crippen LogP contribution in [0.3, 0.4) is 0 Å². The van der Waals surface area contributed by atoms with Gasteiger partial charge in [-0.1, -0.05) is 13.8 Å². The maximum atomic E-state index is 13.3. The summed E-state index contributed by atoms with van der Waals surface area (Å²) in [5.74, 6) is -0.0643. The number of hydrogen-bond acceptors (Lipinski definition) is 4. The van der Waals surface area contributed by atoms with Crippen LogP contribution >= 0.6 is 0 Å². The summed E-state index contributed by atoms with van der Waals surface area (Å²) < 4.78 is 50.7. The highest BCUT2D eigenvalue weighted by molar-refractivity contribution is 7.91. The Morgan fingerprint density at radius 2 is 2.20 bits per heavy atom. The van der Waals surface area contributed by atoms with Gasteiger partial charge in [0.2, 0.25) is 0 Å². The summed E-state index contributed by atoms with van der Waals surface area (Å²) in [7, 11) is -3.12. The Morgan fingerprint density at radius 1 is 1.50 bits per heavy atom. The average molecular weight is 307 g/mol. The molecule has 0 amide bonds. The Hall–Kier alpha value is -1.02. The van der Waals surface area contributed by atoms with Gasteiger partial charge >= 0.3 is 0 Å². The van der Waals surface area contributed by atoms with Crippen molar-refractivity contribution in [3.63, 3.8) is 0 Å². The summed E-state index contributed by atoms with van der Waals surface area (Å²) in [6.45, 7) is 4.16. The van der Waals surface area contributed by atoms with Crippen LogP contribution in [-0.4, -0.2) is 35.7 Å². The molecule has 1 fully saturated rings. The monoisotopic (exact) mass is 307 g/mol. The zero-order valence-electron chi connectivity index (χ0n) is 11.5. The van der Waals surface area contributed by atoms with Gasteiger partial charge in [-0.2, -0.15) is 5.10 Å². The molecule has 2 heterocycles. The Balaban J connectivity index is 2.25. The summed E-state index contributed by atoms with van der Waals surface area (Å²) in [5, 5.41) is 7.07. The fourth-order valence-electron chi connectivity index (χ4n) is 2.36. The second kappa shape index (κ2) is 5.77. The highest BCUT2D eigenvalue weighted by Gasteiger charge is 2.33. The molecule has 0 saturated carbocycles. The van der Waals surface area contributed by atoms with E-state index in [1.807, 2.05) is 13.8 Å². The normalized spacial score (nSPS) is 22.0. The SMILES string of the molecule is CC(C)NCc1cnn(C2CCS(=O)(=O)C2)c1C(F)F. The van der Waals surface area contributed by atoms with Gasteiger partial charge in [-0.05, 0) is 6.42 Å². The van der Waals surface area contributed by atoms with Crippen LogP contribution in [-0.2, 0) is 16.4 Å². The quantitative estimate of drug-likeness (QED) is 0.899. The van der Waals surface area contributed by atoms with Crippen LogP contribution in [0.2, 0.25) is 0 Å². The zero-order valence-corrected chi connectivity index (χ0v) is 12.3. The van der Waals surface area contributed by atoms with Crippen molar-refractivity contribution in [2.24, 2.45) is 0 Å². The molecule has 8 heteroatoms. The van der Waals surface area contributed by atoms with Gasteiger partial charge in [0, 0.05) is 18.2 Å². The van der Waals surface area contributed by atoms with Crippen LogP contribution in [0, 0.1) is 0 Å². The lowest BCUT2D eigenvalue weighted by atomic mass is 10.2. The Kier molecular flexibility index (Phi) is 4.43. The van der Waals surface area contributed by atoms with Crippen LogP contribution in [0.4, 0.5) is 8.78 Å². The van der Waals surface area contributed by atoms with E-state index in [9.17, 15) is 17.2 Å². The first-order valence-corrected chi connectivity index (χ1v) is 8.40. The summed E-state index contributed by atoms with van der Waals surface area (Å²) >= 11 is 0. The molecule has 1 N–H and O–H groups in total. The van der Waals surface area contributed by atoms with Crippen molar-refractivity contribution in [1.29, 1.82) is 0 Å². The van der Waals surface area contributed by atoms with E-state index in [2.05, 4.69) is 10.4 Å². The van der Waals surface area contributed by atoms with Crippen molar-refractivity contribution in [3.8, 4) is 0 Å². The van der Waals surface area contributed by atoms with Crippen LogP contribution < -0.4 is 5.32 Å². The third-order valence-electron chi connectivity index (χ3n) is 3.38. The number of hydrogen-bond donors (Lipinski definition) is 1. The summed E-state index contributed by atoms with van der Waals surface area (Å²) in [6.07, 6.45) is -0.910. The van der Waals surface area contributed by atoms with E-state index < -0.39 is 22.3 Å². The predicted octanol–water partition coefficient (Wildman–Crippen LogP) is 1.68. The molecule has 5 nitrogen and oxygen atoms in total. The van der Waals surface area contributed by atoms with Gasteiger partial charge in [-0.15, -0.1) is 0 Å². The lowest BCUT2D eigenvalue weighted by Gasteiger charge is -2.14. The van der Waals surface area contributed by atoms with Crippen molar-refractivity contribution < 1.29 is 17.2 Å². The molecule has 20 heavy (non-hydrogen) atoms. The van der Waals surface area contributed by atoms with E-state index in [0.717, 1.165) is 0 Å². The topological polar surface area (TPSA) is 64.0 Å². The molecule has 1 saturated heterocycles. The van der Waals surface area contributed by atoms with Crippen molar-refractivity contribution in [2.75, 3.05) is 11.5 Å². The third-order valence-corrected chi connectivity index (χ3v) is 5.13. The highest BCUT2D eigenvalue weighted by Crippen LogP contribution is 2.30. The van der Waals surface area contributed by atoms with Crippen molar-refractivity contribution >= 4 is 9.84 Å². The molecule has 114 valence electrons. The van der Waals surface area contributed by atoms with Gasteiger partial charge in [-0.3, -0.25) is 4.68 Å². The fourth-order valence-corrected chi connectivity index (χ4v) is 4.05. The molecule has 0 aliphatic carbocycles. The number of alkyl halides is 2. The van der Waals surface area contributed by atoms with Crippen molar-refractivity contribution in [2.45, 2.75) is 45.3 Å². The smallest absolute Gasteiger partial charge is 0.280 e. The molecule has 0 radical (unpaired) electrons. The van der Waals surface area contributed by atoms with Crippen LogP contribution in [0.25, 0.3) is 0 Å². The molecule has 1 aliphatic rings. The minimum atomic E-state index is -3.12. The number of rotatable bonds is 5. The van der Waals surface area contributed by atoms with Gasteiger partial charge in [0.25, 0.3) is 6.43 Å². The van der Waals surface area contributed by atoms with Gasteiger partial charge in [0.15, 0.2) is 9.84 Å². The average Bonchev–Trinajstić information content (AvgIpc) is 2.89. The second-order valence-corrected chi connectivity index (χ2v) is 7.62. The van der Waals surface area contributed by atoms with E-state index in [4.69, 9.17) is 0 Å². The molecular weight excluding hydrogens is 288 g/mol. The minimum absolute atomic E-state index is 0.0415. The maximum absolute atomic E-state index is 13.3. The fraction of sp³-hybridized carbons (Fsp3) is 0.750. The van der Waals surface area contributed by atoms with E-state index >= 15 is 0 Å². The van der Waals surface area contributed by atoms with E-state index in [0.29, 0.717) is 18.5 Å². The minimum Gasteiger partial charge on any atom is -0.310 e. The van der Waals surface area contributed by atoms with Crippen LogP contribution in [0.5, 0.6) is 0 Å². The van der Waals surface area contributed by atoms with E-state index in [1.54, 1.807) is 0 Å². The molecule has 1 aromatic heterocycles. The van der Waals surface area contributed by atoms with E-state index in [-0.39, 0.29) is 23.2 Å². The van der Waals surface area contributed by atoms with E-state index in [1.165, 1.54) is 10.9 Å². The molecule has 0 spiro atoms. The van der Waals surface area contributed by atoms with Crippen LogP contribution in [0.15, 0.2) is 6.20 Å². The number of sulfone groups is 1. The first-order valence-electron chi connectivity index (χ1n) is 6.58. The van der Waals surface area contributed by atoms with Crippen molar-refractivity contribution in [1.82, 2.24) is 15.1 Å². The molecular formula is C12H19F2N3O2S. The first-order chi connectivity index (χ1) is 9.30. The lowest BCUT2D eigenvalue weighted by molar-refractivity contribution is 0.135. The standard InChI is InChI=1S/C12H19F2N3O2S/c1-8(2)15-5-9-6-16-17(11(9)12(13)14)10-3-4-20(18,19)7-10/h6,8,10,12,15H,3-5,7H2,1-2H3. The van der Waals surface area contributed by atoms with Gasteiger partial charge < -0.3 is 5.32 Å². The molecule has 0 aromatic carbocycles. The molecule has 0 bridgehead atoms. The number of aromatic nitrogens is 2.